The van der Waals surface area contributed by atoms with E-state index in [-0.39, 0.29) is 6.42 Å². The molecular formula is C36H71NO10. The highest BCUT2D eigenvalue weighted by molar-refractivity contribution is 5.80. The standard InChI is InChI=1S/C36H71NO10/c1-3-5-7-9-11-13-14-15-16-18-19-21-23-28(39)31(41)27(26-46-36-34(44)33(43)32(42)30(25-38)47-36)37-35(45)29(40)24-22-20-17-12-10-8-6-4-2/h27-34,36,38-44H,3-26H2,1-2H3,(H,37,45). The van der Waals surface area contributed by atoms with Crippen LogP contribution in [0.2, 0.25) is 0 Å². The lowest BCUT2D eigenvalue weighted by Gasteiger charge is -2.40. The van der Waals surface area contributed by atoms with Gasteiger partial charge < -0.3 is 50.5 Å². The van der Waals surface area contributed by atoms with E-state index in [9.17, 15) is 40.5 Å². The van der Waals surface area contributed by atoms with Crippen molar-refractivity contribution in [1.29, 1.82) is 0 Å². The Labute approximate surface area is 284 Å². The highest BCUT2D eigenvalue weighted by Gasteiger charge is 2.44. The average Bonchev–Trinajstić information content (AvgIpc) is 3.07. The van der Waals surface area contributed by atoms with Gasteiger partial charge in [-0.05, 0) is 12.8 Å². The third-order valence-corrected chi connectivity index (χ3v) is 9.41. The second-order valence-electron chi connectivity index (χ2n) is 13.7. The molecule has 1 fully saturated rings. The third kappa shape index (κ3) is 19.2. The van der Waals surface area contributed by atoms with Gasteiger partial charge in [-0.25, -0.2) is 0 Å². The van der Waals surface area contributed by atoms with Crippen molar-refractivity contribution in [3.8, 4) is 0 Å². The van der Waals surface area contributed by atoms with Gasteiger partial charge in [0.1, 0.15) is 36.6 Å². The second-order valence-corrected chi connectivity index (χ2v) is 13.7. The maximum atomic E-state index is 12.9. The van der Waals surface area contributed by atoms with E-state index in [0.29, 0.717) is 19.3 Å². The number of amides is 1. The van der Waals surface area contributed by atoms with E-state index >= 15 is 0 Å². The SMILES string of the molecule is CCCCCCCCCCCCCCC(O)C(O)C(COC1OC(CO)C(O)C(O)C1O)NC(=O)C(O)CCCCCCCCCC. The van der Waals surface area contributed by atoms with E-state index in [0.717, 1.165) is 38.5 Å². The smallest absolute Gasteiger partial charge is 0.249 e. The van der Waals surface area contributed by atoms with Crippen LogP contribution in [0.3, 0.4) is 0 Å². The summed E-state index contributed by atoms with van der Waals surface area (Å²) in [4.78, 5) is 12.9. The molecule has 1 aliphatic rings. The van der Waals surface area contributed by atoms with Gasteiger partial charge in [0.05, 0.1) is 25.4 Å². The maximum Gasteiger partial charge on any atom is 0.249 e. The Hall–Kier alpha value is -0.890. The van der Waals surface area contributed by atoms with Crippen LogP contribution in [0.15, 0.2) is 0 Å². The molecule has 0 aromatic carbocycles. The van der Waals surface area contributed by atoms with Gasteiger partial charge in [0.15, 0.2) is 6.29 Å². The molecule has 9 atom stereocenters. The van der Waals surface area contributed by atoms with Gasteiger partial charge in [-0.3, -0.25) is 4.79 Å². The monoisotopic (exact) mass is 678 g/mol. The van der Waals surface area contributed by atoms with Gasteiger partial charge in [0, 0.05) is 0 Å². The van der Waals surface area contributed by atoms with Crippen molar-refractivity contribution in [2.75, 3.05) is 13.2 Å². The minimum absolute atomic E-state index is 0.262. The normalized spacial score (nSPS) is 24.1. The largest absolute Gasteiger partial charge is 0.394 e. The zero-order valence-corrected chi connectivity index (χ0v) is 29.5. The lowest BCUT2D eigenvalue weighted by atomic mass is 9.98. The zero-order valence-electron chi connectivity index (χ0n) is 29.5. The van der Waals surface area contributed by atoms with Crippen molar-refractivity contribution in [1.82, 2.24) is 5.32 Å². The first-order chi connectivity index (χ1) is 22.7. The molecule has 0 saturated carbocycles. The van der Waals surface area contributed by atoms with Crippen molar-refractivity contribution in [3.05, 3.63) is 0 Å². The van der Waals surface area contributed by atoms with Gasteiger partial charge in [-0.2, -0.15) is 0 Å². The summed E-state index contributed by atoms with van der Waals surface area (Å²) in [5.74, 6) is -0.702. The number of unbranched alkanes of at least 4 members (excludes halogenated alkanes) is 18. The molecule has 0 aromatic heterocycles. The predicted octanol–water partition coefficient (Wildman–Crippen LogP) is 3.99. The molecule has 0 radical (unpaired) electrons. The Morgan fingerprint density at radius 3 is 1.57 bits per heavy atom. The Morgan fingerprint density at radius 1 is 0.660 bits per heavy atom. The topological polar surface area (TPSA) is 189 Å². The van der Waals surface area contributed by atoms with E-state index in [1.54, 1.807) is 0 Å². The minimum atomic E-state index is -1.65. The van der Waals surface area contributed by atoms with E-state index < -0.39 is 74.2 Å². The lowest BCUT2D eigenvalue weighted by Crippen LogP contribution is -2.60. The van der Waals surface area contributed by atoms with Crippen LogP contribution in [0, 0.1) is 0 Å². The summed E-state index contributed by atoms with van der Waals surface area (Å²) in [7, 11) is 0. The molecular weight excluding hydrogens is 606 g/mol. The molecule has 9 unspecified atom stereocenters. The number of ether oxygens (including phenoxy) is 2. The van der Waals surface area contributed by atoms with Crippen LogP contribution in [-0.2, 0) is 14.3 Å². The number of carbonyl (C=O) groups excluding carboxylic acids is 1. The first-order valence-corrected chi connectivity index (χ1v) is 18.9. The van der Waals surface area contributed by atoms with Crippen molar-refractivity contribution in [3.63, 3.8) is 0 Å². The average molecular weight is 678 g/mol. The first-order valence-electron chi connectivity index (χ1n) is 18.9. The lowest BCUT2D eigenvalue weighted by molar-refractivity contribution is -0.303. The molecule has 1 rings (SSSR count). The molecule has 11 nitrogen and oxygen atoms in total. The Bertz CT molecular complexity index is 745. The molecule has 1 saturated heterocycles. The third-order valence-electron chi connectivity index (χ3n) is 9.41. The molecule has 0 bridgehead atoms. The van der Waals surface area contributed by atoms with Gasteiger partial charge in [-0.1, -0.05) is 142 Å². The van der Waals surface area contributed by atoms with Crippen LogP contribution in [0.1, 0.15) is 155 Å². The van der Waals surface area contributed by atoms with E-state index in [1.165, 1.54) is 77.0 Å². The zero-order chi connectivity index (χ0) is 34.9. The van der Waals surface area contributed by atoms with Crippen molar-refractivity contribution in [2.45, 2.75) is 210 Å². The Morgan fingerprint density at radius 2 is 1.11 bits per heavy atom. The molecule has 0 spiro atoms. The molecule has 0 aliphatic carbocycles. The fraction of sp³-hybridized carbons (Fsp3) is 0.972. The molecule has 280 valence electrons. The summed E-state index contributed by atoms with van der Waals surface area (Å²) in [6.45, 7) is 3.35. The summed E-state index contributed by atoms with van der Waals surface area (Å²) in [6.07, 6.45) is 11.8. The number of hydrogen-bond donors (Lipinski definition) is 8. The van der Waals surface area contributed by atoms with Crippen LogP contribution in [-0.4, -0.2) is 110 Å². The molecule has 1 heterocycles. The van der Waals surface area contributed by atoms with Crippen LogP contribution in [0.25, 0.3) is 0 Å². The summed E-state index contributed by atoms with van der Waals surface area (Å²) >= 11 is 0. The van der Waals surface area contributed by atoms with E-state index in [2.05, 4.69) is 19.2 Å². The van der Waals surface area contributed by atoms with Crippen molar-refractivity contribution >= 4 is 5.91 Å². The van der Waals surface area contributed by atoms with Gasteiger partial charge in [0.2, 0.25) is 5.91 Å². The van der Waals surface area contributed by atoms with Gasteiger partial charge in [-0.15, -0.1) is 0 Å². The number of nitrogens with one attached hydrogen (secondary N) is 1. The number of aliphatic hydroxyl groups excluding tert-OH is 7. The summed E-state index contributed by atoms with van der Waals surface area (Å²) < 4.78 is 11.0. The fourth-order valence-electron chi connectivity index (χ4n) is 6.14. The van der Waals surface area contributed by atoms with Crippen molar-refractivity contribution in [2.24, 2.45) is 0 Å². The first kappa shape index (κ1) is 44.1. The number of aliphatic hydroxyl groups is 7. The molecule has 1 amide bonds. The summed E-state index contributed by atoms with van der Waals surface area (Å²) in [6, 6.07) is -1.16. The highest BCUT2D eigenvalue weighted by Crippen LogP contribution is 2.23. The van der Waals surface area contributed by atoms with E-state index in [4.69, 9.17) is 9.47 Å². The van der Waals surface area contributed by atoms with Crippen LogP contribution >= 0.6 is 0 Å². The molecule has 0 aromatic rings. The van der Waals surface area contributed by atoms with Gasteiger partial charge >= 0.3 is 0 Å². The summed E-state index contributed by atoms with van der Waals surface area (Å²) in [5, 5.41) is 75.0. The molecule has 1 aliphatic heterocycles. The van der Waals surface area contributed by atoms with Crippen LogP contribution < -0.4 is 5.32 Å². The fourth-order valence-corrected chi connectivity index (χ4v) is 6.14. The quantitative estimate of drug-likeness (QED) is 0.0516. The second kappa shape index (κ2) is 27.9. The Kier molecular flexibility index (Phi) is 26.2. The van der Waals surface area contributed by atoms with E-state index in [1.807, 2.05) is 0 Å². The van der Waals surface area contributed by atoms with Crippen LogP contribution in [0.4, 0.5) is 0 Å². The predicted molar refractivity (Wildman–Crippen MR) is 183 cm³/mol. The number of rotatable bonds is 30. The van der Waals surface area contributed by atoms with Crippen molar-refractivity contribution < 1.29 is 50.0 Å². The highest BCUT2D eigenvalue weighted by atomic mass is 16.7. The minimum Gasteiger partial charge on any atom is -0.394 e. The number of hydrogen-bond acceptors (Lipinski definition) is 10. The molecule has 11 heteroatoms. The summed E-state index contributed by atoms with van der Waals surface area (Å²) in [5.41, 5.74) is 0. The van der Waals surface area contributed by atoms with Gasteiger partial charge in [0.25, 0.3) is 0 Å². The number of carbonyl (C=O) groups is 1. The Balaban J connectivity index is 2.58. The molecule has 47 heavy (non-hydrogen) atoms. The molecule has 8 N–H and O–H groups in total. The van der Waals surface area contributed by atoms with Crippen LogP contribution in [0.5, 0.6) is 0 Å². The maximum absolute atomic E-state index is 12.9.